The van der Waals surface area contributed by atoms with Gasteiger partial charge in [0.2, 0.25) is 0 Å². The fraction of sp³-hybridized carbons (Fsp3) is 0.0588. The summed E-state index contributed by atoms with van der Waals surface area (Å²) in [5.74, 6) is 4.19. The molecule has 102 valence electrons. The van der Waals surface area contributed by atoms with Gasteiger partial charge in [0, 0.05) is 5.56 Å². The first-order chi connectivity index (χ1) is 10.1. The van der Waals surface area contributed by atoms with Gasteiger partial charge < -0.3 is 9.84 Å². The van der Waals surface area contributed by atoms with Gasteiger partial charge in [0.1, 0.15) is 6.10 Å². The van der Waals surface area contributed by atoms with Gasteiger partial charge in [0.25, 0.3) is 0 Å². The Labute approximate surface area is 121 Å². The molecule has 0 amide bonds. The minimum absolute atomic E-state index is 0.165. The zero-order valence-electron chi connectivity index (χ0n) is 10.9. The Morgan fingerprint density at radius 3 is 2.43 bits per heavy atom. The molecular formula is C17H10O4. The molecule has 4 heteroatoms. The van der Waals surface area contributed by atoms with E-state index in [1.54, 1.807) is 6.07 Å². The lowest BCUT2D eigenvalue weighted by Crippen LogP contribution is -1.99. The van der Waals surface area contributed by atoms with Crippen LogP contribution in [0.25, 0.3) is 0 Å². The van der Waals surface area contributed by atoms with Crippen LogP contribution < -0.4 is 0 Å². The molecule has 2 aromatic carbocycles. The van der Waals surface area contributed by atoms with E-state index >= 15 is 0 Å². The number of esters is 2. The second kappa shape index (κ2) is 5.23. The fourth-order valence-corrected chi connectivity index (χ4v) is 2.03. The summed E-state index contributed by atoms with van der Waals surface area (Å²) < 4.78 is 4.50. The van der Waals surface area contributed by atoms with Gasteiger partial charge in [-0.2, -0.15) is 0 Å². The molecule has 1 N–H and O–H groups in total. The van der Waals surface area contributed by atoms with Crippen LogP contribution in [0.1, 0.15) is 37.9 Å². The molecule has 0 fully saturated rings. The Morgan fingerprint density at radius 1 is 0.952 bits per heavy atom. The van der Waals surface area contributed by atoms with Crippen LogP contribution >= 0.6 is 0 Å². The molecule has 0 aliphatic carbocycles. The number of carbonyl (C=O) groups excluding carboxylic acids is 2. The van der Waals surface area contributed by atoms with Crippen molar-refractivity contribution in [3.63, 3.8) is 0 Å². The summed E-state index contributed by atoms with van der Waals surface area (Å²) in [6.07, 6.45) is -1.04. The number of hydrogen-bond donors (Lipinski definition) is 1. The van der Waals surface area contributed by atoms with Crippen LogP contribution in [0, 0.1) is 11.8 Å². The maximum absolute atomic E-state index is 11.5. The molecule has 0 saturated heterocycles. The summed E-state index contributed by atoms with van der Waals surface area (Å²) in [4.78, 5) is 22.8. The maximum atomic E-state index is 11.5. The Morgan fingerprint density at radius 2 is 1.67 bits per heavy atom. The molecule has 0 aromatic heterocycles. The molecule has 1 aliphatic heterocycles. The van der Waals surface area contributed by atoms with Crippen molar-refractivity contribution in [1.29, 1.82) is 0 Å². The maximum Gasteiger partial charge on any atom is 0.346 e. The molecule has 3 rings (SSSR count). The summed E-state index contributed by atoms with van der Waals surface area (Å²) in [5, 5.41) is 10.1. The second-order valence-electron chi connectivity index (χ2n) is 4.52. The number of hydrogen-bond acceptors (Lipinski definition) is 4. The monoisotopic (exact) mass is 278 g/mol. The lowest BCUT2D eigenvalue weighted by molar-refractivity contribution is 0.0444. The average Bonchev–Trinajstić information content (AvgIpc) is 2.80. The van der Waals surface area contributed by atoms with E-state index in [2.05, 4.69) is 16.6 Å². The molecule has 0 radical (unpaired) electrons. The number of cyclic esters (lactones) is 2. The van der Waals surface area contributed by atoms with Crippen molar-refractivity contribution < 1.29 is 19.4 Å². The molecular weight excluding hydrogens is 268 g/mol. The zero-order chi connectivity index (χ0) is 14.8. The SMILES string of the molecule is O=C1OC(=O)c2cc(C(O)C#Cc3ccccc3)ccc21. The Bertz CT molecular complexity index is 781. The standard InChI is InChI=1S/C17H10O4/c18-15(9-6-11-4-2-1-3-5-11)12-7-8-13-14(10-12)17(20)21-16(13)19/h1-5,7-8,10,15,18H. The van der Waals surface area contributed by atoms with Crippen LogP contribution in [0.4, 0.5) is 0 Å². The highest BCUT2D eigenvalue weighted by Gasteiger charge is 2.30. The van der Waals surface area contributed by atoms with Crippen LogP contribution in [-0.4, -0.2) is 17.0 Å². The Hall–Kier alpha value is -2.90. The summed E-state index contributed by atoms with van der Waals surface area (Å²) >= 11 is 0. The van der Waals surface area contributed by atoms with Crippen molar-refractivity contribution in [1.82, 2.24) is 0 Å². The number of aliphatic hydroxyl groups excluding tert-OH is 1. The van der Waals surface area contributed by atoms with E-state index < -0.39 is 18.0 Å². The van der Waals surface area contributed by atoms with Crippen molar-refractivity contribution >= 4 is 11.9 Å². The van der Waals surface area contributed by atoms with Crippen LogP contribution in [0.2, 0.25) is 0 Å². The predicted molar refractivity (Wildman–Crippen MR) is 74.5 cm³/mol. The number of carbonyl (C=O) groups is 2. The van der Waals surface area contributed by atoms with Gasteiger partial charge in [-0.05, 0) is 29.8 Å². The van der Waals surface area contributed by atoms with Crippen molar-refractivity contribution in [2.75, 3.05) is 0 Å². The molecule has 1 unspecified atom stereocenters. The van der Waals surface area contributed by atoms with Crippen molar-refractivity contribution in [3.05, 3.63) is 70.8 Å². The lowest BCUT2D eigenvalue weighted by atomic mass is 10.0. The zero-order valence-corrected chi connectivity index (χ0v) is 10.9. The van der Waals surface area contributed by atoms with Gasteiger partial charge in [0.05, 0.1) is 11.1 Å². The molecule has 21 heavy (non-hydrogen) atoms. The lowest BCUT2D eigenvalue weighted by Gasteiger charge is -2.04. The van der Waals surface area contributed by atoms with Crippen molar-refractivity contribution in [3.8, 4) is 11.8 Å². The molecule has 0 bridgehead atoms. The molecule has 0 spiro atoms. The highest BCUT2D eigenvalue weighted by Crippen LogP contribution is 2.24. The third kappa shape index (κ3) is 2.55. The van der Waals surface area contributed by atoms with Gasteiger partial charge in [-0.3, -0.25) is 0 Å². The summed E-state index contributed by atoms with van der Waals surface area (Å²) in [7, 11) is 0. The van der Waals surface area contributed by atoms with Gasteiger partial charge in [-0.1, -0.05) is 36.1 Å². The molecule has 1 atom stereocenters. The highest BCUT2D eigenvalue weighted by atomic mass is 16.6. The topological polar surface area (TPSA) is 63.6 Å². The first kappa shape index (κ1) is 13.1. The van der Waals surface area contributed by atoms with Gasteiger partial charge in [-0.25, -0.2) is 9.59 Å². The molecule has 2 aromatic rings. The first-order valence-electron chi connectivity index (χ1n) is 6.30. The normalized spacial score (nSPS) is 14.0. The minimum Gasteiger partial charge on any atom is -0.386 e. The van der Waals surface area contributed by atoms with E-state index in [0.29, 0.717) is 5.56 Å². The summed E-state index contributed by atoms with van der Waals surface area (Å²) in [6.45, 7) is 0. The van der Waals surface area contributed by atoms with E-state index in [1.165, 1.54) is 12.1 Å². The van der Waals surface area contributed by atoms with E-state index in [4.69, 9.17) is 0 Å². The number of fused-ring (bicyclic) bond motifs is 1. The van der Waals surface area contributed by atoms with Crippen LogP contribution in [0.15, 0.2) is 48.5 Å². The third-order valence-electron chi connectivity index (χ3n) is 3.11. The molecule has 1 aliphatic rings. The van der Waals surface area contributed by atoms with E-state index in [1.807, 2.05) is 30.3 Å². The van der Waals surface area contributed by atoms with Crippen molar-refractivity contribution in [2.24, 2.45) is 0 Å². The second-order valence-corrected chi connectivity index (χ2v) is 4.52. The largest absolute Gasteiger partial charge is 0.386 e. The number of rotatable bonds is 1. The third-order valence-corrected chi connectivity index (χ3v) is 3.11. The van der Waals surface area contributed by atoms with E-state index in [-0.39, 0.29) is 11.1 Å². The molecule has 0 saturated carbocycles. The van der Waals surface area contributed by atoms with Crippen LogP contribution in [-0.2, 0) is 4.74 Å². The first-order valence-corrected chi connectivity index (χ1v) is 6.30. The molecule has 4 nitrogen and oxygen atoms in total. The van der Waals surface area contributed by atoms with Gasteiger partial charge in [-0.15, -0.1) is 0 Å². The number of benzene rings is 2. The summed E-state index contributed by atoms with van der Waals surface area (Å²) in [6, 6.07) is 13.7. The minimum atomic E-state index is -1.04. The predicted octanol–water partition coefficient (Wildman–Crippen LogP) is 2.08. The fourth-order valence-electron chi connectivity index (χ4n) is 2.03. The number of aliphatic hydroxyl groups is 1. The Kier molecular flexibility index (Phi) is 3.27. The average molecular weight is 278 g/mol. The summed E-state index contributed by atoms with van der Waals surface area (Å²) in [5.41, 5.74) is 1.61. The number of ether oxygens (including phenoxy) is 1. The molecule has 1 heterocycles. The Balaban J connectivity index is 1.89. The quantitative estimate of drug-likeness (QED) is 0.493. The van der Waals surface area contributed by atoms with Crippen LogP contribution in [0.5, 0.6) is 0 Å². The van der Waals surface area contributed by atoms with Crippen LogP contribution in [0.3, 0.4) is 0 Å². The smallest absolute Gasteiger partial charge is 0.346 e. The van der Waals surface area contributed by atoms with Crippen molar-refractivity contribution in [2.45, 2.75) is 6.10 Å². The van der Waals surface area contributed by atoms with Gasteiger partial charge >= 0.3 is 11.9 Å². The highest BCUT2D eigenvalue weighted by molar-refractivity contribution is 6.14. The van der Waals surface area contributed by atoms with E-state index in [9.17, 15) is 14.7 Å². The van der Waals surface area contributed by atoms with Gasteiger partial charge in [0.15, 0.2) is 0 Å². The van der Waals surface area contributed by atoms with E-state index in [0.717, 1.165) is 5.56 Å².